The molecule has 0 aliphatic carbocycles. The van der Waals surface area contributed by atoms with Crippen molar-refractivity contribution in [2.24, 2.45) is 0 Å². The first kappa shape index (κ1) is 25.3. The second-order valence-electron chi connectivity index (χ2n) is 2.83. The Hall–Kier alpha value is -0.560. The topological polar surface area (TPSA) is 20.2 Å². The van der Waals surface area contributed by atoms with Gasteiger partial charge in [0.2, 0.25) is 0 Å². The van der Waals surface area contributed by atoms with Crippen molar-refractivity contribution < 1.29 is 5.11 Å². The second-order valence-corrected chi connectivity index (χ2v) is 2.83. The zero-order valence-corrected chi connectivity index (χ0v) is 13.9. The average Bonchev–Trinajstić information content (AvgIpc) is 2.44. The molecule has 0 fully saturated rings. The highest BCUT2D eigenvalue weighted by Gasteiger charge is 1.95. The van der Waals surface area contributed by atoms with Gasteiger partial charge in [-0.25, -0.2) is 0 Å². The third kappa shape index (κ3) is 18.0. The molecule has 0 spiro atoms. The van der Waals surface area contributed by atoms with Gasteiger partial charge in [0.15, 0.2) is 0 Å². The Morgan fingerprint density at radius 1 is 0.882 bits per heavy atom. The minimum atomic E-state index is 0.139. The zero-order valence-electron chi connectivity index (χ0n) is 13.9. The van der Waals surface area contributed by atoms with Crippen LogP contribution in [-0.2, 0) is 0 Å². The molecule has 0 unspecified atom stereocenters. The van der Waals surface area contributed by atoms with E-state index in [2.05, 4.69) is 20.8 Å². The van der Waals surface area contributed by atoms with Gasteiger partial charge in [0, 0.05) is 0 Å². The van der Waals surface area contributed by atoms with Crippen molar-refractivity contribution in [3.05, 3.63) is 22.8 Å². The fourth-order valence-corrected chi connectivity index (χ4v) is 0.892. The van der Waals surface area contributed by atoms with E-state index in [-0.39, 0.29) is 6.61 Å². The van der Waals surface area contributed by atoms with Crippen LogP contribution in [0.3, 0.4) is 0 Å². The van der Waals surface area contributed by atoms with Gasteiger partial charge in [-0.15, -0.1) is 0 Å². The Bertz CT molecular complexity index is 176. The van der Waals surface area contributed by atoms with E-state index < -0.39 is 0 Å². The highest BCUT2D eigenvalue weighted by Crippen LogP contribution is 2.15. The first-order valence-corrected chi connectivity index (χ1v) is 7.07. The molecule has 106 valence electrons. The molecule has 1 heteroatoms. The van der Waals surface area contributed by atoms with Gasteiger partial charge in [-0.2, -0.15) is 0 Å². The van der Waals surface area contributed by atoms with Crippen LogP contribution in [0.15, 0.2) is 22.8 Å². The lowest BCUT2D eigenvalue weighted by atomic mass is 10.0. The predicted molar refractivity (Wildman–Crippen MR) is 83.6 cm³/mol. The van der Waals surface area contributed by atoms with Crippen LogP contribution in [0.4, 0.5) is 0 Å². The highest BCUT2D eigenvalue weighted by atomic mass is 16.2. The number of hydrogen-bond donors (Lipinski definition) is 1. The molecule has 0 amide bonds. The number of aliphatic hydroxyl groups is 1. The maximum atomic E-state index is 8.64. The minimum absolute atomic E-state index is 0.139. The normalized spacial score (nSPS) is 10.6. The molecule has 0 saturated heterocycles. The minimum Gasteiger partial charge on any atom is -0.392 e. The summed E-state index contributed by atoms with van der Waals surface area (Å²) in [5.74, 6) is 0. The van der Waals surface area contributed by atoms with Gasteiger partial charge in [0.1, 0.15) is 0 Å². The lowest BCUT2D eigenvalue weighted by Crippen LogP contribution is -1.87. The van der Waals surface area contributed by atoms with Gasteiger partial charge in [0.25, 0.3) is 0 Å². The summed E-state index contributed by atoms with van der Waals surface area (Å²) in [4.78, 5) is 0. The molecule has 0 aromatic carbocycles. The van der Waals surface area contributed by atoms with E-state index in [0.717, 1.165) is 6.42 Å². The van der Waals surface area contributed by atoms with Gasteiger partial charge in [0.05, 0.1) is 6.61 Å². The number of allylic oxidation sites excluding steroid dienone is 3. The molecule has 0 bridgehead atoms. The van der Waals surface area contributed by atoms with Crippen LogP contribution in [0.25, 0.3) is 0 Å². The lowest BCUT2D eigenvalue weighted by Gasteiger charge is -2.05. The van der Waals surface area contributed by atoms with E-state index in [4.69, 9.17) is 5.11 Å². The van der Waals surface area contributed by atoms with E-state index in [1.807, 2.05) is 54.5 Å². The molecule has 0 aromatic rings. The molecule has 1 N–H and O–H groups in total. The van der Waals surface area contributed by atoms with E-state index in [1.54, 1.807) is 0 Å². The molecule has 0 rings (SSSR count). The monoisotopic (exact) mass is 244 g/mol. The average molecular weight is 244 g/mol. The van der Waals surface area contributed by atoms with Crippen molar-refractivity contribution in [2.75, 3.05) is 6.61 Å². The van der Waals surface area contributed by atoms with Crippen LogP contribution >= 0.6 is 0 Å². The Kier molecular flexibility index (Phi) is 36.6. The van der Waals surface area contributed by atoms with Crippen molar-refractivity contribution in [2.45, 2.75) is 75.7 Å². The molecular weight excluding hydrogens is 208 g/mol. The van der Waals surface area contributed by atoms with Gasteiger partial charge >= 0.3 is 0 Å². The lowest BCUT2D eigenvalue weighted by molar-refractivity contribution is 0.342. The predicted octanol–water partition coefficient (Wildman–Crippen LogP) is 5.75. The van der Waals surface area contributed by atoms with E-state index in [1.165, 1.54) is 16.7 Å². The van der Waals surface area contributed by atoms with Crippen LogP contribution in [0.1, 0.15) is 75.7 Å². The van der Waals surface area contributed by atoms with E-state index >= 15 is 0 Å². The smallest absolute Gasteiger partial charge is 0.0618 e. The summed E-state index contributed by atoms with van der Waals surface area (Å²) < 4.78 is 0. The number of aliphatic hydroxyl groups excluding tert-OH is 1. The third-order valence-electron chi connectivity index (χ3n) is 2.16. The second kappa shape index (κ2) is 24.6. The van der Waals surface area contributed by atoms with Crippen molar-refractivity contribution in [3.63, 3.8) is 0 Å². The standard InChI is InChI=1S/C10H18O.3C2H6/c1-5-8(2)10(4)9(3)6-7-11;3*1-2/h6,11H,5,7H2,1-4H3;3*1-2H3/b9-6-,10-8-;;;. The van der Waals surface area contributed by atoms with Gasteiger partial charge in [-0.3, -0.25) is 0 Å². The number of rotatable bonds is 3. The Balaban J connectivity index is -0.000000121. The molecule has 17 heavy (non-hydrogen) atoms. The first-order chi connectivity index (χ1) is 8.13. The Morgan fingerprint density at radius 2 is 1.24 bits per heavy atom. The largest absolute Gasteiger partial charge is 0.392 e. The maximum absolute atomic E-state index is 8.64. The molecule has 0 aliphatic heterocycles. The van der Waals surface area contributed by atoms with Gasteiger partial charge in [-0.05, 0) is 38.3 Å². The quantitative estimate of drug-likeness (QED) is 0.627. The molecule has 0 atom stereocenters. The summed E-state index contributed by atoms with van der Waals surface area (Å²) in [6, 6.07) is 0. The molecule has 1 nitrogen and oxygen atoms in total. The summed E-state index contributed by atoms with van der Waals surface area (Å²) in [7, 11) is 0. The van der Waals surface area contributed by atoms with E-state index in [0.29, 0.717) is 0 Å². The molecule has 0 saturated carbocycles. The Morgan fingerprint density at radius 3 is 1.47 bits per heavy atom. The molecule has 0 aliphatic rings. The summed E-state index contributed by atoms with van der Waals surface area (Å²) in [6.45, 7) is 20.5. The van der Waals surface area contributed by atoms with Crippen LogP contribution in [0.5, 0.6) is 0 Å². The van der Waals surface area contributed by atoms with Crippen molar-refractivity contribution in [3.8, 4) is 0 Å². The summed E-state index contributed by atoms with van der Waals surface area (Å²) in [5, 5.41) is 8.64. The SMILES string of the molecule is CC.CC.CC.CC/C(C)=C(C)\C(C)=C/CO. The first-order valence-electron chi connectivity index (χ1n) is 7.07. The van der Waals surface area contributed by atoms with Crippen molar-refractivity contribution >= 4 is 0 Å². The fourth-order valence-electron chi connectivity index (χ4n) is 0.892. The zero-order chi connectivity index (χ0) is 14.9. The van der Waals surface area contributed by atoms with Crippen LogP contribution in [0, 0.1) is 0 Å². The fraction of sp³-hybridized carbons (Fsp3) is 0.750. The van der Waals surface area contributed by atoms with Crippen molar-refractivity contribution in [1.82, 2.24) is 0 Å². The molecule has 0 radical (unpaired) electrons. The molecule has 0 heterocycles. The highest BCUT2D eigenvalue weighted by molar-refractivity contribution is 5.31. The van der Waals surface area contributed by atoms with Gasteiger partial charge < -0.3 is 5.11 Å². The van der Waals surface area contributed by atoms with Crippen molar-refractivity contribution in [1.29, 1.82) is 0 Å². The van der Waals surface area contributed by atoms with Crippen LogP contribution < -0.4 is 0 Å². The van der Waals surface area contributed by atoms with Crippen LogP contribution in [-0.4, -0.2) is 11.7 Å². The summed E-state index contributed by atoms with van der Waals surface area (Å²) >= 11 is 0. The van der Waals surface area contributed by atoms with Gasteiger partial charge in [-0.1, -0.05) is 60.1 Å². The summed E-state index contributed by atoms with van der Waals surface area (Å²) in [5.41, 5.74) is 3.89. The third-order valence-corrected chi connectivity index (χ3v) is 2.16. The molecular formula is C16H36O. The number of hydrogen-bond acceptors (Lipinski definition) is 1. The summed E-state index contributed by atoms with van der Waals surface area (Å²) in [6.07, 6.45) is 2.93. The van der Waals surface area contributed by atoms with Crippen LogP contribution in [0.2, 0.25) is 0 Å². The maximum Gasteiger partial charge on any atom is 0.0618 e. The molecule has 0 aromatic heterocycles. The van der Waals surface area contributed by atoms with E-state index in [9.17, 15) is 0 Å². The Labute approximate surface area is 111 Å².